The van der Waals surface area contributed by atoms with Crippen LogP contribution in [-0.4, -0.2) is 52.2 Å². The van der Waals surface area contributed by atoms with Crippen LogP contribution in [0.4, 0.5) is 0 Å². The minimum absolute atomic E-state index is 0.000625. The molecule has 15 heavy (non-hydrogen) atoms. The number of aliphatic hydroxyl groups excluding tert-OH is 1. The molecule has 2 fully saturated rings. The fraction of sp³-hybridized carbons (Fsp3) is 0.909. The molecule has 2 rings (SSSR count). The van der Waals surface area contributed by atoms with Crippen LogP contribution in [-0.2, 0) is 4.79 Å². The first kappa shape index (κ1) is 11.0. The molecule has 0 radical (unpaired) electrons. The highest BCUT2D eigenvalue weighted by atomic mass is 16.3. The van der Waals surface area contributed by atoms with Crippen LogP contribution >= 0.6 is 0 Å². The van der Waals surface area contributed by atoms with Crippen molar-refractivity contribution in [3.05, 3.63) is 0 Å². The Labute approximate surface area is 89.9 Å². The minimum Gasteiger partial charge on any atom is -0.393 e. The van der Waals surface area contributed by atoms with E-state index in [9.17, 15) is 9.90 Å². The van der Waals surface area contributed by atoms with E-state index < -0.39 is 5.60 Å². The summed E-state index contributed by atoms with van der Waals surface area (Å²) in [5.41, 5.74) is -0.974. The van der Waals surface area contributed by atoms with Gasteiger partial charge in [-0.3, -0.25) is 9.69 Å². The van der Waals surface area contributed by atoms with Gasteiger partial charge in [0.1, 0.15) is 11.4 Å². The summed E-state index contributed by atoms with van der Waals surface area (Å²) in [6, 6.07) is -0.000625. The molecule has 0 aromatic heterocycles. The molecule has 2 N–H and O–H groups in total. The largest absolute Gasteiger partial charge is 0.393 e. The number of carbonyl (C=O) groups is 1. The number of likely N-dealkylation sites (tertiary alicyclic amines) is 1. The van der Waals surface area contributed by atoms with Crippen molar-refractivity contribution in [1.29, 1.82) is 0 Å². The number of Topliss-reactive ketones (excluding diaryl/α,β-unsaturated/α-hetero) is 1. The first-order chi connectivity index (χ1) is 7.14. The van der Waals surface area contributed by atoms with Gasteiger partial charge >= 0.3 is 0 Å². The maximum atomic E-state index is 11.7. The Morgan fingerprint density at radius 1 is 1.47 bits per heavy atom. The molecule has 0 aromatic rings. The van der Waals surface area contributed by atoms with Gasteiger partial charge in [0, 0.05) is 19.5 Å². The van der Waals surface area contributed by atoms with Gasteiger partial charge in [0.15, 0.2) is 0 Å². The lowest BCUT2D eigenvalue weighted by Crippen LogP contribution is -2.45. The second kappa shape index (κ2) is 4.20. The molecule has 1 saturated heterocycles. The van der Waals surface area contributed by atoms with Crippen LogP contribution in [0.25, 0.3) is 0 Å². The van der Waals surface area contributed by atoms with E-state index in [0.29, 0.717) is 25.2 Å². The maximum absolute atomic E-state index is 11.7. The summed E-state index contributed by atoms with van der Waals surface area (Å²) < 4.78 is 0. The second-order valence-electron chi connectivity index (χ2n) is 4.83. The Kier molecular flexibility index (Phi) is 3.09. The third-order valence-corrected chi connectivity index (χ3v) is 3.62. The van der Waals surface area contributed by atoms with E-state index in [1.165, 1.54) is 0 Å². The normalized spacial score (nSPS) is 38.5. The van der Waals surface area contributed by atoms with Crippen molar-refractivity contribution < 1.29 is 15.0 Å². The zero-order chi connectivity index (χ0) is 10.9. The third kappa shape index (κ3) is 2.22. The van der Waals surface area contributed by atoms with Gasteiger partial charge in [0.2, 0.25) is 0 Å². The molecular formula is C11H19NO3. The van der Waals surface area contributed by atoms with Gasteiger partial charge in [0.25, 0.3) is 0 Å². The Bertz CT molecular complexity index is 256. The SMILES string of the molecule is O=C1CCCCC1N1CCC(O)(CO)C1. The van der Waals surface area contributed by atoms with Crippen LogP contribution < -0.4 is 0 Å². The van der Waals surface area contributed by atoms with Crippen molar-refractivity contribution in [3.8, 4) is 0 Å². The van der Waals surface area contributed by atoms with Crippen molar-refractivity contribution in [2.45, 2.75) is 43.7 Å². The number of rotatable bonds is 2. The van der Waals surface area contributed by atoms with Crippen LogP contribution in [0.3, 0.4) is 0 Å². The molecule has 2 unspecified atom stereocenters. The topological polar surface area (TPSA) is 60.8 Å². The average Bonchev–Trinajstić information content (AvgIpc) is 2.63. The number of hydrogen-bond acceptors (Lipinski definition) is 4. The molecule has 1 saturated carbocycles. The Morgan fingerprint density at radius 2 is 2.27 bits per heavy atom. The minimum atomic E-state index is -0.974. The van der Waals surface area contributed by atoms with E-state index in [-0.39, 0.29) is 12.6 Å². The molecule has 0 aromatic carbocycles. The monoisotopic (exact) mass is 213 g/mol. The summed E-state index contributed by atoms with van der Waals surface area (Å²) in [6.07, 6.45) is 4.28. The van der Waals surface area contributed by atoms with Crippen molar-refractivity contribution in [3.63, 3.8) is 0 Å². The molecular weight excluding hydrogens is 194 g/mol. The fourth-order valence-corrected chi connectivity index (χ4v) is 2.63. The summed E-state index contributed by atoms with van der Waals surface area (Å²) in [5, 5.41) is 18.9. The Morgan fingerprint density at radius 3 is 2.87 bits per heavy atom. The van der Waals surface area contributed by atoms with Gasteiger partial charge in [-0.1, -0.05) is 6.42 Å². The predicted octanol–water partition coefficient (Wildman–Crippen LogP) is -0.0728. The first-order valence-electron chi connectivity index (χ1n) is 5.75. The van der Waals surface area contributed by atoms with E-state index in [1.807, 2.05) is 4.90 Å². The number of aliphatic hydroxyl groups is 2. The zero-order valence-electron chi connectivity index (χ0n) is 8.98. The quantitative estimate of drug-likeness (QED) is 0.674. The third-order valence-electron chi connectivity index (χ3n) is 3.62. The molecule has 0 spiro atoms. The number of ketones is 1. The lowest BCUT2D eigenvalue weighted by molar-refractivity contribution is -0.126. The van der Waals surface area contributed by atoms with Crippen LogP contribution in [0, 0.1) is 0 Å². The zero-order valence-corrected chi connectivity index (χ0v) is 8.98. The summed E-state index contributed by atoms with van der Waals surface area (Å²) in [6.45, 7) is 0.970. The smallest absolute Gasteiger partial charge is 0.149 e. The van der Waals surface area contributed by atoms with E-state index in [2.05, 4.69) is 0 Å². The van der Waals surface area contributed by atoms with Crippen molar-refractivity contribution in [1.82, 2.24) is 4.90 Å². The number of nitrogens with zero attached hydrogens (tertiary/aromatic N) is 1. The lowest BCUT2D eigenvalue weighted by Gasteiger charge is -2.30. The van der Waals surface area contributed by atoms with E-state index in [0.717, 1.165) is 25.8 Å². The molecule has 2 atom stereocenters. The Hall–Kier alpha value is -0.450. The van der Waals surface area contributed by atoms with Crippen LogP contribution in [0.15, 0.2) is 0 Å². The van der Waals surface area contributed by atoms with Gasteiger partial charge in [-0.2, -0.15) is 0 Å². The van der Waals surface area contributed by atoms with Crippen molar-refractivity contribution in [2.24, 2.45) is 0 Å². The van der Waals surface area contributed by atoms with Gasteiger partial charge in [-0.05, 0) is 19.3 Å². The van der Waals surface area contributed by atoms with Crippen LogP contribution in [0.5, 0.6) is 0 Å². The van der Waals surface area contributed by atoms with Crippen LogP contribution in [0.2, 0.25) is 0 Å². The molecule has 4 heteroatoms. The summed E-state index contributed by atoms with van der Waals surface area (Å²) >= 11 is 0. The highest BCUT2D eigenvalue weighted by Crippen LogP contribution is 2.27. The molecule has 1 aliphatic heterocycles. The maximum Gasteiger partial charge on any atom is 0.149 e. The molecule has 86 valence electrons. The molecule has 1 heterocycles. The van der Waals surface area contributed by atoms with Crippen LogP contribution in [0.1, 0.15) is 32.1 Å². The standard InChI is InChI=1S/C11H19NO3/c13-8-11(15)5-6-12(7-11)9-3-1-2-4-10(9)14/h9,13,15H,1-8H2. The average molecular weight is 213 g/mol. The van der Waals surface area contributed by atoms with E-state index >= 15 is 0 Å². The summed E-state index contributed by atoms with van der Waals surface area (Å²) in [7, 11) is 0. The van der Waals surface area contributed by atoms with Crippen molar-refractivity contribution >= 4 is 5.78 Å². The van der Waals surface area contributed by atoms with E-state index in [1.54, 1.807) is 0 Å². The van der Waals surface area contributed by atoms with Gasteiger partial charge in [-0.25, -0.2) is 0 Å². The number of β-amino-alcohol motifs (C(OH)–C–C–N with tert-alkyl or cyclic N) is 1. The number of carbonyl (C=O) groups excluding carboxylic acids is 1. The van der Waals surface area contributed by atoms with Crippen molar-refractivity contribution in [2.75, 3.05) is 19.7 Å². The molecule has 0 bridgehead atoms. The Balaban J connectivity index is 1.97. The lowest BCUT2D eigenvalue weighted by atomic mass is 9.93. The van der Waals surface area contributed by atoms with Gasteiger partial charge < -0.3 is 10.2 Å². The summed E-state index contributed by atoms with van der Waals surface area (Å²) in [5.74, 6) is 0.309. The molecule has 4 nitrogen and oxygen atoms in total. The highest BCUT2D eigenvalue weighted by Gasteiger charge is 2.40. The molecule has 1 aliphatic carbocycles. The van der Waals surface area contributed by atoms with Gasteiger partial charge in [-0.15, -0.1) is 0 Å². The number of hydrogen-bond donors (Lipinski definition) is 2. The summed E-state index contributed by atoms with van der Waals surface area (Å²) in [4.78, 5) is 13.7. The fourth-order valence-electron chi connectivity index (χ4n) is 2.63. The predicted molar refractivity (Wildman–Crippen MR) is 55.5 cm³/mol. The molecule has 0 amide bonds. The first-order valence-corrected chi connectivity index (χ1v) is 5.75. The second-order valence-corrected chi connectivity index (χ2v) is 4.83. The van der Waals surface area contributed by atoms with E-state index in [4.69, 9.17) is 5.11 Å². The van der Waals surface area contributed by atoms with Gasteiger partial charge in [0.05, 0.1) is 12.6 Å². The molecule has 2 aliphatic rings. The highest BCUT2D eigenvalue weighted by molar-refractivity contribution is 5.84.